The number of hydrogen-bond acceptors (Lipinski definition) is 4. The highest BCUT2D eigenvalue weighted by Gasteiger charge is 2.13. The third-order valence-electron chi connectivity index (χ3n) is 3.16. The van der Waals surface area contributed by atoms with Crippen LogP contribution < -0.4 is 9.57 Å². The maximum absolute atomic E-state index is 12.2. The average molecular weight is 318 g/mol. The fraction of sp³-hybridized carbons (Fsp3) is 0.188. The van der Waals surface area contributed by atoms with Crippen LogP contribution in [0.15, 0.2) is 58.5 Å². The lowest BCUT2D eigenvalue weighted by Gasteiger charge is -2.09. The Kier molecular flexibility index (Phi) is 4.82. The largest absolute Gasteiger partial charge is 0.496 e. The molecule has 22 heavy (non-hydrogen) atoms. The third-order valence-corrected chi connectivity index (χ3v) is 4.39. The zero-order chi connectivity index (χ0) is 16.2. The van der Waals surface area contributed by atoms with Crippen LogP contribution in [0.25, 0.3) is 0 Å². The Morgan fingerprint density at radius 1 is 1.09 bits per heavy atom. The van der Waals surface area contributed by atoms with Crippen molar-refractivity contribution < 1.29 is 13.2 Å². The summed E-state index contributed by atoms with van der Waals surface area (Å²) in [5.41, 5.74) is 2.25. The summed E-state index contributed by atoms with van der Waals surface area (Å²) in [6.45, 7) is 3.61. The van der Waals surface area contributed by atoms with Crippen molar-refractivity contribution in [3.63, 3.8) is 0 Å². The van der Waals surface area contributed by atoms with Gasteiger partial charge in [-0.15, -0.1) is 0 Å². The van der Waals surface area contributed by atoms with Crippen LogP contribution >= 0.6 is 0 Å². The molecule has 0 unspecified atom stereocenters. The Balaban J connectivity index is 2.25. The first-order valence-corrected chi connectivity index (χ1v) is 8.18. The van der Waals surface area contributed by atoms with Crippen LogP contribution in [0.2, 0.25) is 0 Å². The van der Waals surface area contributed by atoms with Gasteiger partial charge in [0, 0.05) is 5.56 Å². The van der Waals surface area contributed by atoms with Crippen LogP contribution in [0.4, 0.5) is 0 Å². The van der Waals surface area contributed by atoms with Gasteiger partial charge in [-0.25, -0.2) is 0 Å². The minimum absolute atomic E-state index is 0.176. The number of benzene rings is 2. The minimum Gasteiger partial charge on any atom is -0.496 e. The lowest BCUT2D eigenvalue weighted by atomic mass is 10.1. The first kappa shape index (κ1) is 16.0. The van der Waals surface area contributed by atoms with E-state index in [-0.39, 0.29) is 4.90 Å². The van der Waals surface area contributed by atoms with Gasteiger partial charge in [0.25, 0.3) is 10.0 Å². The molecule has 0 fully saturated rings. The highest BCUT2D eigenvalue weighted by atomic mass is 32.2. The van der Waals surface area contributed by atoms with Crippen molar-refractivity contribution in [3.8, 4) is 5.75 Å². The molecule has 0 amide bonds. The highest BCUT2D eigenvalue weighted by molar-refractivity contribution is 7.89. The second-order valence-corrected chi connectivity index (χ2v) is 6.47. The lowest BCUT2D eigenvalue weighted by molar-refractivity contribution is 0.414. The number of rotatable bonds is 5. The standard InChI is InChI=1S/C16H18N2O3S/c1-12-8-10-14(11-9-12)22(19,20)18-17-13(2)15-6-4-5-7-16(15)21-3/h4-11,18H,1-3H3/b17-13-. The quantitative estimate of drug-likeness (QED) is 0.681. The summed E-state index contributed by atoms with van der Waals surface area (Å²) in [6.07, 6.45) is 0. The van der Waals surface area contributed by atoms with Gasteiger partial charge in [0.2, 0.25) is 0 Å². The zero-order valence-electron chi connectivity index (χ0n) is 12.7. The zero-order valence-corrected chi connectivity index (χ0v) is 13.5. The second kappa shape index (κ2) is 6.62. The van der Waals surface area contributed by atoms with Crippen LogP contribution in [0.1, 0.15) is 18.1 Å². The molecule has 116 valence electrons. The van der Waals surface area contributed by atoms with Crippen molar-refractivity contribution in [2.24, 2.45) is 5.10 Å². The molecule has 0 radical (unpaired) electrons. The topological polar surface area (TPSA) is 67.8 Å². The first-order chi connectivity index (χ1) is 10.4. The van der Waals surface area contributed by atoms with E-state index in [1.165, 1.54) is 0 Å². The van der Waals surface area contributed by atoms with E-state index in [0.717, 1.165) is 11.1 Å². The number of para-hydroxylation sites is 1. The molecule has 0 aromatic heterocycles. The van der Waals surface area contributed by atoms with Crippen LogP contribution in [-0.2, 0) is 10.0 Å². The molecule has 0 bridgehead atoms. The summed E-state index contributed by atoms with van der Waals surface area (Å²) >= 11 is 0. The summed E-state index contributed by atoms with van der Waals surface area (Å²) in [5.74, 6) is 0.637. The smallest absolute Gasteiger partial charge is 0.276 e. The van der Waals surface area contributed by atoms with Gasteiger partial charge in [0.15, 0.2) is 0 Å². The van der Waals surface area contributed by atoms with E-state index in [4.69, 9.17) is 4.74 Å². The third kappa shape index (κ3) is 3.65. The Bertz CT molecular complexity index is 781. The normalized spacial score (nSPS) is 12.0. The van der Waals surface area contributed by atoms with Crippen molar-refractivity contribution >= 4 is 15.7 Å². The Labute approximate surface area is 130 Å². The van der Waals surface area contributed by atoms with Crippen molar-refractivity contribution in [1.82, 2.24) is 4.83 Å². The van der Waals surface area contributed by atoms with Gasteiger partial charge in [-0.05, 0) is 38.1 Å². The molecule has 0 aliphatic carbocycles. The van der Waals surface area contributed by atoms with E-state index < -0.39 is 10.0 Å². The monoisotopic (exact) mass is 318 g/mol. The van der Waals surface area contributed by atoms with Gasteiger partial charge in [0.05, 0.1) is 17.7 Å². The fourth-order valence-corrected chi connectivity index (χ4v) is 2.76. The molecule has 0 saturated heterocycles. The number of aryl methyl sites for hydroxylation is 1. The molecular formula is C16H18N2O3S. The van der Waals surface area contributed by atoms with E-state index >= 15 is 0 Å². The fourth-order valence-electron chi connectivity index (χ4n) is 1.90. The molecule has 0 heterocycles. The Morgan fingerprint density at radius 3 is 2.36 bits per heavy atom. The summed E-state index contributed by atoms with van der Waals surface area (Å²) in [7, 11) is -2.12. The molecule has 2 aromatic carbocycles. The van der Waals surface area contributed by atoms with Gasteiger partial charge < -0.3 is 4.74 Å². The Hall–Kier alpha value is -2.34. The number of ether oxygens (including phenoxy) is 1. The molecule has 6 heteroatoms. The molecule has 5 nitrogen and oxygen atoms in total. The Morgan fingerprint density at radius 2 is 1.73 bits per heavy atom. The first-order valence-electron chi connectivity index (χ1n) is 6.70. The molecule has 2 rings (SSSR count). The van der Waals surface area contributed by atoms with Gasteiger partial charge >= 0.3 is 0 Å². The van der Waals surface area contributed by atoms with E-state index in [1.807, 2.05) is 25.1 Å². The summed E-state index contributed by atoms with van der Waals surface area (Å²) < 4.78 is 29.6. The number of nitrogens with one attached hydrogen (secondary N) is 1. The molecule has 0 atom stereocenters. The lowest BCUT2D eigenvalue weighted by Crippen LogP contribution is -2.20. The van der Waals surface area contributed by atoms with E-state index in [2.05, 4.69) is 9.93 Å². The van der Waals surface area contributed by atoms with Crippen molar-refractivity contribution in [2.75, 3.05) is 7.11 Å². The second-order valence-electron chi connectivity index (χ2n) is 4.81. The number of hydrogen-bond donors (Lipinski definition) is 1. The van der Waals surface area contributed by atoms with Crippen LogP contribution in [0.3, 0.4) is 0 Å². The summed E-state index contributed by atoms with van der Waals surface area (Å²) in [4.78, 5) is 2.42. The molecule has 0 saturated carbocycles. The van der Waals surface area contributed by atoms with Crippen LogP contribution in [0.5, 0.6) is 5.75 Å². The molecule has 0 spiro atoms. The summed E-state index contributed by atoms with van der Waals surface area (Å²) in [5, 5.41) is 3.97. The molecule has 0 aliphatic rings. The van der Waals surface area contributed by atoms with Crippen LogP contribution in [0, 0.1) is 6.92 Å². The molecule has 0 aliphatic heterocycles. The van der Waals surface area contributed by atoms with Crippen molar-refractivity contribution in [2.45, 2.75) is 18.7 Å². The summed E-state index contributed by atoms with van der Waals surface area (Å²) in [6, 6.07) is 13.9. The van der Waals surface area contributed by atoms with Gasteiger partial charge in [-0.2, -0.15) is 18.4 Å². The van der Waals surface area contributed by atoms with Gasteiger partial charge in [-0.1, -0.05) is 29.8 Å². The number of methoxy groups -OCH3 is 1. The molecular weight excluding hydrogens is 300 g/mol. The van der Waals surface area contributed by atoms with Gasteiger partial charge in [-0.3, -0.25) is 0 Å². The number of hydrazone groups is 1. The highest BCUT2D eigenvalue weighted by Crippen LogP contribution is 2.18. The predicted octanol–water partition coefficient (Wildman–Crippen LogP) is 2.71. The van der Waals surface area contributed by atoms with E-state index in [9.17, 15) is 8.42 Å². The molecule has 2 aromatic rings. The number of nitrogens with zero attached hydrogens (tertiary/aromatic N) is 1. The van der Waals surface area contributed by atoms with Crippen molar-refractivity contribution in [1.29, 1.82) is 0 Å². The minimum atomic E-state index is -3.68. The maximum atomic E-state index is 12.2. The van der Waals surface area contributed by atoms with E-state index in [1.54, 1.807) is 44.4 Å². The van der Waals surface area contributed by atoms with E-state index in [0.29, 0.717) is 11.5 Å². The van der Waals surface area contributed by atoms with Crippen LogP contribution in [-0.4, -0.2) is 21.2 Å². The van der Waals surface area contributed by atoms with Gasteiger partial charge in [0.1, 0.15) is 5.75 Å². The number of sulfonamides is 1. The van der Waals surface area contributed by atoms with Crippen molar-refractivity contribution in [3.05, 3.63) is 59.7 Å². The molecule has 1 N–H and O–H groups in total. The average Bonchev–Trinajstić information content (AvgIpc) is 2.53. The predicted molar refractivity (Wildman–Crippen MR) is 86.7 cm³/mol. The maximum Gasteiger partial charge on any atom is 0.276 e. The SMILES string of the molecule is COc1ccccc1/C(C)=N\NS(=O)(=O)c1ccc(C)cc1.